The average molecular weight is 223 g/mol. The van der Waals surface area contributed by atoms with Crippen LogP contribution in [0.3, 0.4) is 0 Å². The van der Waals surface area contributed by atoms with Crippen molar-refractivity contribution in [3.63, 3.8) is 0 Å². The van der Waals surface area contributed by atoms with E-state index in [-0.39, 0.29) is 17.0 Å². The Bertz CT molecular complexity index is 346. The van der Waals surface area contributed by atoms with E-state index in [2.05, 4.69) is 26.1 Å². The zero-order chi connectivity index (χ0) is 12.2. The molecule has 1 rings (SSSR count). The molecule has 0 aliphatic rings. The molecule has 0 saturated carbocycles. The summed E-state index contributed by atoms with van der Waals surface area (Å²) in [4.78, 5) is 0. The number of hydrogen-bond acceptors (Lipinski definition) is 3. The van der Waals surface area contributed by atoms with E-state index in [0.717, 1.165) is 18.4 Å². The molecule has 0 aliphatic carbocycles. The molecule has 3 heteroatoms. The molecule has 0 spiro atoms. The molecule has 3 nitrogen and oxygen atoms in total. The number of benzene rings is 1. The van der Waals surface area contributed by atoms with Crippen molar-refractivity contribution >= 4 is 0 Å². The Morgan fingerprint density at radius 3 is 2.31 bits per heavy atom. The lowest BCUT2D eigenvalue weighted by Crippen LogP contribution is -2.40. The van der Waals surface area contributed by atoms with Gasteiger partial charge in [0.2, 0.25) is 0 Å². The number of rotatable bonds is 5. The first kappa shape index (κ1) is 12.8. The quantitative estimate of drug-likeness (QED) is 0.719. The maximum Gasteiger partial charge on any atom is 0.123 e. The van der Waals surface area contributed by atoms with E-state index in [1.165, 1.54) is 6.07 Å². The van der Waals surface area contributed by atoms with Gasteiger partial charge < -0.3 is 15.5 Å². The summed E-state index contributed by atoms with van der Waals surface area (Å²) < 4.78 is 0. The van der Waals surface area contributed by atoms with Gasteiger partial charge in [0.1, 0.15) is 11.5 Å². The third-order valence-electron chi connectivity index (χ3n) is 3.34. The topological polar surface area (TPSA) is 52.5 Å². The largest absolute Gasteiger partial charge is 0.508 e. The lowest BCUT2D eigenvalue weighted by molar-refractivity contribution is 0.326. The van der Waals surface area contributed by atoms with Crippen LogP contribution in [0.2, 0.25) is 0 Å². The van der Waals surface area contributed by atoms with Crippen molar-refractivity contribution in [3.05, 3.63) is 23.8 Å². The number of aromatic hydroxyl groups is 2. The minimum atomic E-state index is 0.0926. The van der Waals surface area contributed by atoms with E-state index in [1.54, 1.807) is 12.1 Å². The summed E-state index contributed by atoms with van der Waals surface area (Å²) in [6.07, 6.45) is 2.09. The normalized spacial score (nSPS) is 11.7. The fraction of sp³-hybridized carbons (Fsp3) is 0.538. The summed E-state index contributed by atoms with van der Waals surface area (Å²) >= 11 is 0. The maximum absolute atomic E-state index is 9.63. The van der Waals surface area contributed by atoms with Crippen LogP contribution in [0.25, 0.3) is 0 Å². The summed E-state index contributed by atoms with van der Waals surface area (Å²) in [7, 11) is 0. The van der Waals surface area contributed by atoms with Crippen molar-refractivity contribution in [2.75, 3.05) is 0 Å². The number of hydrogen-bond donors (Lipinski definition) is 3. The number of nitrogens with one attached hydrogen (secondary N) is 1. The van der Waals surface area contributed by atoms with Gasteiger partial charge in [-0.25, -0.2) is 0 Å². The van der Waals surface area contributed by atoms with Crippen LogP contribution in [0.1, 0.15) is 39.2 Å². The van der Waals surface area contributed by atoms with E-state index in [1.807, 2.05) is 0 Å². The van der Waals surface area contributed by atoms with Crippen molar-refractivity contribution in [3.8, 4) is 11.5 Å². The Hall–Kier alpha value is -1.22. The summed E-state index contributed by atoms with van der Waals surface area (Å²) in [5, 5.41) is 22.2. The molecule has 3 N–H and O–H groups in total. The molecular formula is C13H21NO2. The first-order chi connectivity index (χ1) is 7.50. The zero-order valence-corrected chi connectivity index (χ0v) is 10.2. The summed E-state index contributed by atoms with van der Waals surface area (Å²) in [5.74, 6) is 0.233. The molecule has 0 atom stereocenters. The molecule has 90 valence electrons. The van der Waals surface area contributed by atoms with Gasteiger partial charge in [0.05, 0.1) is 0 Å². The van der Waals surface area contributed by atoms with Crippen LogP contribution in [0.5, 0.6) is 11.5 Å². The van der Waals surface area contributed by atoms with E-state index in [0.29, 0.717) is 6.54 Å². The highest BCUT2D eigenvalue weighted by molar-refractivity contribution is 5.38. The van der Waals surface area contributed by atoms with Crippen molar-refractivity contribution in [2.24, 2.45) is 0 Å². The molecule has 0 saturated heterocycles. The van der Waals surface area contributed by atoms with E-state index in [4.69, 9.17) is 0 Å². The Kier molecular flexibility index (Phi) is 4.19. The van der Waals surface area contributed by atoms with Crippen LogP contribution >= 0.6 is 0 Å². The highest BCUT2D eigenvalue weighted by Crippen LogP contribution is 2.23. The van der Waals surface area contributed by atoms with E-state index >= 15 is 0 Å². The van der Waals surface area contributed by atoms with Crippen LogP contribution in [-0.4, -0.2) is 15.8 Å². The molecule has 0 unspecified atom stereocenters. The Morgan fingerprint density at radius 2 is 1.81 bits per heavy atom. The Morgan fingerprint density at radius 1 is 1.19 bits per heavy atom. The molecule has 16 heavy (non-hydrogen) atoms. The lowest BCUT2D eigenvalue weighted by Gasteiger charge is -2.28. The maximum atomic E-state index is 9.63. The molecular weight excluding hydrogens is 202 g/mol. The van der Waals surface area contributed by atoms with Gasteiger partial charge in [-0.2, -0.15) is 0 Å². The van der Waals surface area contributed by atoms with E-state index < -0.39 is 0 Å². The first-order valence-corrected chi connectivity index (χ1v) is 5.76. The van der Waals surface area contributed by atoms with Gasteiger partial charge in [0.25, 0.3) is 0 Å². The highest BCUT2D eigenvalue weighted by Gasteiger charge is 2.18. The van der Waals surface area contributed by atoms with Crippen molar-refractivity contribution in [1.29, 1.82) is 0 Å². The highest BCUT2D eigenvalue weighted by atomic mass is 16.3. The summed E-state index contributed by atoms with van der Waals surface area (Å²) in [6.45, 7) is 7.08. The van der Waals surface area contributed by atoms with Gasteiger partial charge >= 0.3 is 0 Å². The van der Waals surface area contributed by atoms with Crippen LogP contribution in [-0.2, 0) is 6.54 Å². The van der Waals surface area contributed by atoms with Gasteiger partial charge in [-0.1, -0.05) is 19.9 Å². The first-order valence-electron chi connectivity index (χ1n) is 5.76. The molecule has 0 aromatic heterocycles. The molecule has 1 aromatic rings. The van der Waals surface area contributed by atoms with Gasteiger partial charge in [-0.05, 0) is 25.8 Å². The lowest BCUT2D eigenvalue weighted by atomic mass is 9.95. The van der Waals surface area contributed by atoms with Gasteiger partial charge in [-0.3, -0.25) is 0 Å². The molecule has 0 fully saturated rings. The third kappa shape index (κ3) is 3.14. The second-order valence-electron chi connectivity index (χ2n) is 4.43. The molecule has 1 aromatic carbocycles. The predicted molar refractivity (Wildman–Crippen MR) is 65.6 cm³/mol. The molecule has 0 amide bonds. The SMILES string of the molecule is CCC(C)(CC)NCc1ccc(O)cc1O. The smallest absolute Gasteiger partial charge is 0.123 e. The predicted octanol–water partition coefficient (Wildman–Crippen LogP) is 2.77. The van der Waals surface area contributed by atoms with Gasteiger partial charge in [0, 0.05) is 23.7 Å². The average Bonchev–Trinajstić information content (AvgIpc) is 2.27. The fourth-order valence-electron chi connectivity index (χ4n) is 1.51. The minimum Gasteiger partial charge on any atom is -0.508 e. The van der Waals surface area contributed by atoms with Gasteiger partial charge in [0.15, 0.2) is 0 Å². The molecule has 0 heterocycles. The molecule has 0 radical (unpaired) electrons. The fourth-order valence-corrected chi connectivity index (χ4v) is 1.51. The van der Waals surface area contributed by atoms with Crippen molar-refractivity contribution in [2.45, 2.75) is 45.7 Å². The molecule has 0 bridgehead atoms. The third-order valence-corrected chi connectivity index (χ3v) is 3.34. The van der Waals surface area contributed by atoms with Crippen LogP contribution < -0.4 is 5.32 Å². The monoisotopic (exact) mass is 223 g/mol. The summed E-state index contributed by atoms with van der Waals surface area (Å²) in [5.41, 5.74) is 0.913. The van der Waals surface area contributed by atoms with Crippen LogP contribution in [0.15, 0.2) is 18.2 Å². The second-order valence-corrected chi connectivity index (χ2v) is 4.43. The standard InChI is InChI=1S/C13H21NO2/c1-4-13(3,5-2)14-9-10-6-7-11(15)8-12(10)16/h6-8,14-16H,4-5,9H2,1-3H3. The summed E-state index contributed by atoms with van der Waals surface area (Å²) in [6, 6.07) is 4.70. The van der Waals surface area contributed by atoms with Crippen LogP contribution in [0, 0.1) is 0 Å². The number of phenols is 2. The zero-order valence-electron chi connectivity index (χ0n) is 10.2. The van der Waals surface area contributed by atoms with Crippen LogP contribution in [0.4, 0.5) is 0 Å². The van der Waals surface area contributed by atoms with E-state index in [9.17, 15) is 10.2 Å². The molecule has 0 aliphatic heterocycles. The van der Waals surface area contributed by atoms with Crippen molar-refractivity contribution in [1.82, 2.24) is 5.32 Å². The number of phenolic OH excluding ortho intramolecular Hbond substituents is 2. The van der Waals surface area contributed by atoms with Gasteiger partial charge in [-0.15, -0.1) is 0 Å². The Labute approximate surface area is 97.1 Å². The van der Waals surface area contributed by atoms with Crippen molar-refractivity contribution < 1.29 is 10.2 Å². The second kappa shape index (κ2) is 5.21. The Balaban J connectivity index is 2.67. The minimum absolute atomic E-state index is 0.0926.